The van der Waals surface area contributed by atoms with Gasteiger partial charge in [-0.25, -0.2) is 4.79 Å². The topological polar surface area (TPSA) is 108 Å². The van der Waals surface area contributed by atoms with E-state index in [2.05, 4.69) is 16.0 Å². The first-order chi connectivity index (χ1) is 9.97. The van der Waals surface area contributed by atoms with Crippen LogP contribution >= 0.6 is 11.8 Å². The van der Waals surface area contributed by atoms with E-state index in [0.717, 1.165) is 25.0 Å². The summed E-state index contributed by atoms with van der Waals surface area (Å²) in [7, 11) is 0. The number of carboxylic acids is 1. The van der Waals surface area contributed by atoms with Crippen LogP contribution in [0.3, 0.4) is 0 Å². The lowest BCUT2D eigenvalue weighted by molar-refractivity contribution is -0.141. The maximum Gasteiger partial charge on any atom is 0.325 e. The highest BCUT2D eigenvalue weighted by molar-refractivity contribution is 8.00. The number of hydrogen-bond donors (Lipinski definition) is 4. The number of aliphatic carboxylic acids is 1. The molecule has 118 valence electrons. The Balaban J connectivity index is 1.61. The third-order valence-corrected chi connectivity index (χ3v) is 5.34. The quantitative estimate of drug-likeness (QED) is 0.399. The van der Waals surface area contributed by atoms with Gasteiger partial charge in [-0.3, -0.25) is 9.59 Å². The van der Waals surface area contributed by atoms with Gasteiger partial charge in [-0.05, 0) is 19.8 Å². The van der Waals surface area contributed by atoms with E-state index in [4.69, 9.17) is 5.11 Å². The van der Waals surface area contributed by atoms with Crippen LogP contribution in [-0.4, -0.2) is 52.1 Å². The van der Waals surface area contributed by atoms with Gasteiger partial charge >= 0.3 is 12.0 Å². The molecule has 2 aliphatic heterocycles. The van der Waals surface area contributed by atoms with Crippen LogP contribution in [0.4, 0.5) is 4.79 Å². The number of thioether (sulfide) groups is 1. The number of urea groups is 1. The van der Waals surface area contributed by atoms with Gasteiger partial charge in [0.25, 0.3) is 0 Å². The van der Waals surface area contributed by atoms with Crippen LogP contribution in [0.2, 0.25) is 0 Å². The number of carbonyl (C=O) groups excluding carboxylic acids is 2. The third-order valence-electron chi connectivity index (χ3n) is 3.83. The zero-order valence-corrected chi connectivity index (χ0v) is 12.7. The Kier molecular flexibility index (Phi) is 5.33. The molecule has 0 saturated carbocycles. The average molecular weight is 315 g/mol. The van der Waals surface area contributed by atoms with E-state index in [1.165, 1.54) is 6.92 Å². The van der Waals surface area contributed by atoms with Crippen LogP contribution in [0.1, 0.15) is 32.6 Å². The summed E-state index contributed by atoms with van der Waals surface area (Å²) in [4.78, 5) is 33.4. The van der Waals surface area contributed by atoms with Crippen molar-refractivity contribution >= 4 is 29.7 Å². The molecule has 0 spiro atoms. The number of fused-ring (bicyclic) bond motifs is 1. The highest BCUT2D eigenvalue weighted by Crippen LogP contribution is 2.33. The van der Waals surface area contributed by atoms with Crippen molar-refractivity contribution < 1.29 is 19.5 Å². The van der Waals surface area contributed by atoms with E-state index < -0.39 is 12.0 Å². The van der Waals surface area contributed by atoms with Crippen molar-refractivity contribution in [3.05, 3.63) is 0 Å². The molecule has 3 unspecified atom stereocenters. The first kappa shape index (κ1) is 15.9. The van der Waals surface area contributed by atoms with Crippen LogP contribution in [0, 0.1) is 0 Å². The standard InChI is InChI=1S/C13H21N3O4S/c1-7(12(18)19)14-10(17)5-3-2-4-9-11-8(6-21-9)15-13(20)16-11/h7-9,11H,2-6H2,1H3,(H,14,17)(H,18,19)(H2,15,16,20)/t7-,8?,9?,11?/m0/s1. The van der Waals surface area contributed by atoms with E-state index in [1.807, 2.05) is 11.8 Å². The Morgan fingerprint density at radius 3 is 2.90 bits per heavy atom. The van der Waals surface area contributed by atoms with Crippen LogP contribution in [0.15, 0.2) is 0 Å². The second kappa shape index (κ2) is 7.02. The maximum absolute atomic E-state index is 11.5. The molecule has 8 heteroatoms. The summed E-state index contributed by atoms with van der Waals surface area (Å²) < 4.78 is 0. The fourth-order valence-electron chi connectivity index (χ4n) is 2.65. The lowest BCUT2D eigenvalue weighted by atomic mass is 10.0. The average Bonchev–Trinajstić information content (AvgIpc) is 2.94. The Morgan fingerprint density at radius 2 is 2.19 bits per heavy atom. The SMILES string of the molecule is C[C@H](NC(=O)CCCCC1SCC2NC(=O)NC21)C(=O)O. The van der Waals surface area contributed by atoms with Gasteiger partial charge in [0.2, 0.25) is 5.91 Å². The van der Waals surface area contributed by atoms with E-state index in [0.29, 0.717) is 11.7 Å². The number of unbranched alkanes of at least 4 members (excludes halogenated alkanes) is 1. The molecular weight excluding hydrogens is 294 g/mol. The van der Waals surface area contributed by atoms with Crippen molar-refractivity contribution in [1.82, 2.24) is 16.0 Å². The van der Waals surface area contributed by atoms with Gasteiger partial charge in [-0.1, -0.05) is 6.42 Å². The summed E-state index contributed by atoms with van der Waals surface area (Å²) in [5, 5.41) is 17.4. The molecule has 0 radical (unpaired) electrons. The first-order valence-electron chi connectivity index (χ1n) is 7.18. The molecule has 7 nitrogen and oxygen atoms in total. The minimum atomic E-state index is -1.03. The monoisotopic (exact) mass is 315 g/mol. The number of rotatable bonds is 7. The van der Waals surface area contributed by atoms with E-state index in [1.54, 1.807) is 0 Å². The summed E-state index contributed by atoms with van der Waals surface area (Å²) in [6.45, 7) is 1.45. The van der Waals surface area contributed by atoms with Gasteiger partial charge in [0.1, 0.15) is 6.04 Å². The minimum Gasteiger partial charge on any atom is -0.480 e. The molecule has 3 amide bonds. The van der Waals surface area contributed by atoms with E-state index in [-0.39, 0.29) is 24.0 Å². The van der Waals surface area contributed by atoms with Gasteiger partial charge in [0.15, 0.2) is 0 Å². The zero-order valence-electron chi connectivity index (χ0n) is 11.9. The molecule has 21 heavy (non-hydrogen) atoms. The first-order valence-corrected chi connectivity index (χ1v) is 8.23. The van der Waals surface area contributed by atoms with Gasteiger partial charge < -0.3 is 21.1 Å². The highest BCUT2D eigenvalue weighted by Gasteiger charge is 2.42. The predicted molar refractivity (Wildman–Crippen MR) is 79.2 cm³/mol. The predicted octanol–water partition coefficient (Wildman–Crippen LogP) is 0.302. The van der Waals surface area contributed by atoms with Gasteiger partial charge in [-0.15, -0.1) is 0 Å². The molecule has 0 aromatic rings. The van der Waals surface area contributed by atoms with Crippen LogP contribution < -0.4 is 16.0 Å². The normalized spacial score (nSPS) is 28.4. The fourth-order valence-corrected chi connectivity index (χ4v) is 4.19. The molecule has 0 aromatic heterocycles. The Hall–Kier alpha value is -1.44. The molecule has 2 aliphatic rings. The van der Waals surface area contributed by atoms with E-state index >= 15 is 0 Å². The molecule has 4 atom stereocenters. The molecular formula is C13H21N3O4S. The summed E-state index contributed by atoms with van der Waals surface area (Å²) in [6.07, 6.45) is 2.92. The lowest BCUT2D eigenvalue weighted by Gasteiger charge is -2.16. The summed E-state index contributed by atoms with van der Waals surface area (Å²) in [5.41, 5.74) is 0. The van der Waals surface area contributed by atoms with Crippen molar-refractivity contribution in [2.45, 2.75) is 56.0 Å². The Bertz CT molecular complexity index is 432. The van der Waals surface area contributed by atoms with Crippen molar-refractivity contribution in [2.75, 3.05) is 5.75 Å². The smallest absolute Gasteiger partial charge is 0.325 e. The highest BCUT2D eigenvalue weighted by atomic mass is 32.2. The van der Waals surface area contributed by atoms with E-state index in [9.17, 15) is 14.4 Å². The molecule has 0 aromatic carbocycles. The fraction of sp³-hybridized carbons (Fsp3) is 0.769. The lowest BCUT2D eigenvalue weighted by Crippen LogP contribution is -2.38. The minimum absolute atomic E-state index is 0.0858. The van der Waals surface area contributed by atoms with Crippen molar-refractivity contribution in [3.8, 4) is 0 Å². The molecule has 0 aliphatic carbocycles. The molecule has 2 heterocycles. The van der Waals surface area contributed by atoms with Gasteiger partial charge in [-0.2, -0.15) is 11.8 Å². The zero-order chi connectivity index (χ0) is 15.4. The number of carboxylic acid groups (broad SMARTS) is 1. The molecule has 2 fully saturated rings. The maximum atomic E-state index is 11.5. The van der Waals surface area contributed by atoms with Gasteiger partial charge in [0.05, 0.1) is 12.1 Å². The molecule has 2 rings (SSSR count). The molecule has 0 bridgehead atoms. The number of amides is 3. The van der Waals surface area contributed by atoms with Crippen LogP contribution in [0.25, 0.3) is 0 Å². The summed E-state index contributed by atoms with van der Waals surface area (Å²) in [5.74, 6) is -0.316. The number of hydrogen-bond acceptors (Lipinski definition) is 4. The van der Waals surface area contributed by atoms with Crippen molar-refractivity contribution in [1.29, 1.82) is 0 Å². The summed E-state index contributed by atoms with van der Waals surface area (Å²) >= 11 is 1.85. The van der Waals surface area contributed by atoms with Crippen molar-refractivity contribution in [3.63, 3.8) is 0 Å². The Morgan fingerprint density at radius 1 is 1.43 bits per heavy atom. The third kappa shape index (κ3) is 4.26. The van der Waals surface area contributed by atoms with Gasteiger partial charge in [0, 0.05) is 17.4 Å². The van der Waals surface area contributed by atoms with Crippen LogP contribution in [0.5, 0.6) is 0 Å². The van der Waals surface area contributed by atoms with Crippen LogP contribution in [-0.2, 0) is 9.59 Å². The molecule has 2 saturated heterocycles. The second-order valence-electron chi connectivity index (χ2n) is 5.50. The number of nitrogens with one attached hydrogen (secondary N) is 3. The summed E-state index contributed by atoms with van der Waals surface area (Å²) in [6, 6.07) is -0.503. The second-order valence-corrected chi connectivity index (χ2v) is 6.77. The molecule has 4 N–H and O–H groups in total. The Labute approximate surface area is 127 Å². The number of carbonyl (C=O) groups is 3. The largest absolute Gasteiger partial charge is 0.480 e. The van der Waals surface area contributed by atoms with Crippen molar-refractivity contribution in [2.24, 2.45) is 0 Å².